The van der Waals surface area contributed by atoms with Gasteiger partial charge in [-0.05, 0) is 13.1 Å². The Balaban J connectivity index is 2.74. The third-order valence-corrected chi connectivity index (χ3v) is 2.25. The molecule has 1 saturated heterocycles. The van der Waals surface area contributed by atoms with Crippen molar-refractivity contribution in [2.75, 3.05) is 13.1 Å². The molecule has 0 aromatic rings. The molecule has 0 saturated carbocycles. The lowest BCUT2D eigenvalue weighted by molar-refractivity contribution is -0.129. The van der Waals surface area contributed by atoms with E-state index in [0.29, 0.717) is 13.1 Å². The van der Waals surface area contributed by atoms with Gasteiger partial charge in [0.2, 0.25) is 6.17 Å². The number of rotatable bonds is 3. The summed E-state index contributed by atoms with van der Waals surface area (Å²) in [6.45, 7) is 4.84. The van der Waals surface area contributed by atoms with Gasteiger partial charge in [-0.1, -0.05) is 13.8 Å². The molecular weight excluding hydrogens is 189 g/mol. The average Bonchev–Trinajstić information content (AvgIpc) is 2.15. The summed E-state index contributed by atoms with van der Waals surface area (Å²) in [7, 11) is 0. The molecule has 0 aromatic carbocycles. The number of hydrogen-bond donors (Lipinski definition) is 2. The molecule has 5 nitrogen and oxygen atoms in total. The number of amides is 3. The van der Waals surface area contributed by atoms with Crippen LogP contribution < -0.4 is 10.6 Å². The second-order valence-corrected chi connectivity index (χ2v) is 3.03. The Morgan fingerprint density at radius 3 is 2.43 bits per heavy atom. The number of halogens is 1. The number of carbonyl (C=O) groups is 2. The minimum Gasteiger partial charge on any atom is -0.319 e. The van der Waals surface area contributed by atoms with E-state index in [4.69, 9.17) is 0 Å². The number of alkyl halides is 1. The SMILES string of the molecule is CCN(CC)C1NC(=O)NC(=O)C1F. The maximum Gasteiger partial charge on any atom is 0.322 e. The van der Waals surface area contributed by atoms with Gasteiger partial charge in [0, 0.05) is 0 Å². The summed E-state index contributed by atoms with van der Waals surface area (Å²) in [5.74, 6) is -0.870. The molecule has 0 aliphatic carbocycles. The fourth-order valence-electron chi connectivity index (χ4n) is 1.46. The van der Waals surface area contributed by atoms with Crippen molar-refractivity contribution >= 4 is 11.9 Å². The van der Waals surface area contributed by atoms with Crippen LogP contribution in [0.15, 0.2) is 0 Å². The van der Waals surface area contributed by atoms with Crippen LogP contribution in [0.25, 0.3) is 0 Å². The third kappa shape index (κ3) is 2.01. The van der Waals surface area contributed by atoms with E-state index in [0.717, 1.165) is 0 Å². The zero-order valence-corrected chi connectivity index (χ0v) is 8.21. The normalized spacial score (nSPS) is 27.4. The predicted molar refractivity (Wildman–Crippen MR) is 48.3 cm³/mol. The van der Waals surface area contributed by atoms with E-state index in [2.05, 4.69) is 5.32 Å². The molecule has 1 aliphatic heterocycles. The standard InChI is InChI=1S/C8H14FN3O2/c1-3-12(4-2)6-5(9)7(13)11-8(14)10-6/h5-6H,3-4H2,1-2H3,(H2,10,11,13,14). The molecule has 0 aromatic heterocycles. The van der Waals surface area contributed by atoms with E-state index in [1.807, 2.05) is 19.2 Å². The molecule has 2 N–H and O–H groups in total. The Kier molecular flexibility index (Phi) is 3.40. The average molecular weight is 203 g/mol. The molecule has 1 aliphatic rings. The molecule has 1 heterocycles. The summed E-state index contributed by atoms with van der Waals surface area (Å²) < 4.78 is 13.4. The minimum atomic E-state index is -1.70. The van der Waals surface area contributed by atoms with Crippen molar-refractivity contribution in [3.63, 3.8) is 0 Å². The number of urea groups is 1. The van der Waals surface area contributed by atoms with Gasteiger partial charge in [-0.3, -0.25) is 15.0 Å². The van der Waals surface area contributed by atoms with Gasteiger partial charge in [0.1, 0.15) is 6.17 Å². The summed E-state index contributed by atoms with van der Waals surface area (Å²) in [5, 5.41) is 4.25. The van der Waals surface area contributed by atoms with E-state index in [-0.39, 0.29) is 0 Å². The highest BCUT2D eigenvalue weighted by molar-refractivity contribution is 5.99. The molecule has 14 heavy (non-hydrogen) atoms. The molecule has 2 atom stereocenters. The largest absolute Gasteiger partial charge is 0.322 e. The van der Waals surface area contributed by atoms with Crippen LogP contribution in [0.3, 0.4) is 0 Å². The van der Waals surface area contributed by atoms with Gasteiger partial charge in [0.05, 0.1) is 0 Å². The van der Waals surface area contributed by atoms with Crippen molar-refractivity contribution in [1.29, 1.82) is 0 Å². The summed E-state index contributed by atoms with van der Waals surface area (Å²) in [6, 6.07) is -0.638. The van der Waals surface area contributed by atoms with Gasteiger partial charge < -0.3 is 5.32 Å². The molecule has 80 valence electrons. The van der Waals surface area contributed by atoms with E-state index < -0.39 is 24.3 Å². The number of hydrogen-bond acceptors (Lipinski definition) is 3. The first kappa shape index (κ1) is 10.9. The highest BCUT2D eigenvalue weighted by atomic mass is 19.1. The molecule has 1 fully saturated rings. The number of nitrogens with zero attached hydrogens (tertiary/aromatic N) is 1. The van der Waals surface area contributed by atoms with E-state index >= 15 is 0 Å². The second-order valence-electron chi connectivity index (χ2n) is 3.03. The molecule has 2 unspecified atom stereocenters. The lowest BCUT2D eigenvalue weighted by Crippen LogP contribution is -2.65. The lowest BCUT2D eigenvalue weighted by Gasteiger charge is -2.34. The summed E-state index contributed by atoms with van der Waals surface area (Å²) in [4.78, 5) is 23.6. The van der Waals surface area contributed by atoms with Gasteiger partial charge in [-0.2, -0.15) is 0 Å². The first-order valence-electron chi connectivity index (χ1n) is 4.59. The van der Waals surface area contributed by atoms with Gasteiger partial charge in [0.25, 0.3) is 5.91 Å². The highest BCUT2D eigenvalue weighted by Crippen LogP contribution is 2.09. The van der Waals surface area contributed by atoms with Crippen LogP contribution in [0, 0.1) is 0 Å². The van der Waals surface area contributed by atoms with Crippen molar-refractivity contribution in [3.05, 3.63) is 0 Å². The first-order valence-corrected chi connectivity index (χ1v) is 4.59. The summed E-state index contributed by atoms with van der Waals surface area (Å²) in [6.07, 6.45) is -2.54. The third-order valence-electron chi connectivity index (χ3n) is 2.25. The van der Waals surface area contributed by atoms with Crippen molar-refractivity contribution in [2.24, 2.45) is 0 Å². The highest BCUT2D eigenvalue weighted by Gasteiger charge is 2.38. The van der Waals surface area contributed by atoms with Gasteiger partial charge >= 0.3 is 6.03 Å². The van der Waals surface area contributed by atoms with Crippen LogP contribution in [-0.4, -0.2) is 42.3 Å². The van der Waals surface area contributed by atoms with Crippen molar-refractivity contribution in [3.8, 4) is 0 Å². The Morgan fingerprint density at radius 1 is 1.36 bits per heavy atom. The molecule has 3 amide bonds. The maximum atomic E-state index is 13.4. The van der Waals surface area contributed by atoms with Crippen LogP contribution in [0.1, 0.15) is 13.8 Å². The Bertz CT molecular complexity index is 243. The van der Waals surface area contributed by atoms with Crippen molar-refractivity contribution in [1.82, 2.24) is 15.5 Å². The molecule has 1 rings (SSSR count). The Morgan fingerprint density at radius 2 is 1.93 bits per heavy atom. The van der Waals surface area contributed by atoms with Crippen LogP contribution in [0.5, 0.6) is 0 Å². The Labute approximate surface area is 81.6 Å². The first-order chi connectivity index (χ1) is 6.60. The van der Waals surface area contributed by atoms with Crippen LogP contribution in [0.2, 0.25) is 0 Å². The predicted octanol–water partition coefficient (Wildman–Crippen LogP) is -0.168. The van der Waals surface area contributed by atoms with E-state index in [1.54, 1.807) is 4.90 Å². The molecule has 0 bridgehead atoms. The van der Waals surface area contributed by atoms with Crippen LogP contribution in [-0.2, 0) is 4.79 Å². The Hall–Kier alpha value is -1.17. The van der Waals surface area contributed by atoms with Gasteiger partial charge in [-0.25, -0.2) is 9.18 Å². The molecule has 0 radical (unpaired) electrons. The van der Waals surface area contributed by atoms with Crippen molar-refractivity contribution < 1.29 is 14.0 Å². The minimum absolute atomic E-state index is 0.579. The maximum absolute atomic E-state index is 13.4. The quantitative estimate of drug-likeness (QED) is 0.669. The smallest absolute Gasteiger partial charge is 0.319 e. The fourth-order valence-corrected chi connectivity index (χ4v) is 1.46. The van der Waals surface area contributed by atoms with E-state index in [9.17, 15) is 14.0 Å². The van der Waals surface area contributed by atoms with Crippen LogP contribution in [0.4, 0.5) is 9.18 Å². The van der Waals surface area contributed by atoms with Gasteiger partial charge in [-0.15, -0.1) is 0 Å². The second kappa shape index (κ2) is 4.36. The van der Waals surface area contributed by atoms with Crippen LogP contribution >= 0.6 is 0 Å². The molecular formula is C8H14FN3O2. The number of imide groups is 1. The summed E-state index contributed by atoms with van der Waals surface area (Å²) in [5.41, 5.74) is 0. The summed E-state index contributed by atoms with van der Waals surface area (Å²) >= 11 is 0. The molecule has 0 spiro atoms. The number of carbonyl (C=O) groups excluding carboxylic acids is 2. The fraction of sp³-hybridized carbons (Fsp3) is 0.750. The monoisotopic (exact) mass is 203 g/mol. The van der Waals surface area contributed by atoms with Gasteiger partial charge in [0.15, 0.2) is 0 Å². The zero-order valence-electron chi connectivity index (χ0n) is 8.21. The topological polar surface area (TPSA) is 61.4 Å². The van der Waals surface area contributed by atoms with Crippen molar-refractivity contribution in [2.45, 2.75) is 26.2 Å². The lowest BCUT2D eigenvalue weighted by atomic mass is 10.2. The zero-order chi connectivity index (χ0) is 10.7. The van der Waals surface area contributed by atoms with E-state index in [1.165, 1.54) is 0 Å². The molecule has 6 heteroatoms. The number of nitrogens with one attached hydrogen (secondary N) is 2.